The summed E-state index contributed by atoms with van der Waals surface area (Å²) in [6.07, 6.45) is 0. The number of nitriles is 1. The Labute approximate surface area is 174 Å². The zero-order valence-electron chi connectivity index (χ0n) is 16.6. The molecule has 2 aromatic rings. The molecule has 1 unspecified atom stereocenters. The summed E-state index contributed by atoms with van der Waals surface area (Å²) in [6, 6.07) is 15.1. The predicted molar refractivity (Wildman–Crippen MR) is 107 cm³/mol. The second-order valence-electron chi connectivity index (χ2n) is 6.56. The Morgan fingerprint density at radius 2 is 2.03 bits per heavy atom. The molecule has 0 aliphatic carbocycles. The Hall–Kier alpha value is -3.79. The molecule has 6 nitrogen and oxygen atoms in total. The second-order valence-corrected chi connectivity index (χ2v) is 6.56. The molecule has 2 aromatic carbocycles. The highest BCUT2D eigenvalue weighted by molar-refractivity contribution is 5.92. The molecular formula is C23H21FN2O4. The van der Waals surface area contributed by atoms with Crippen molar-refractivity contribution in [2.45, 2.75) is 26.4 Å². The number of esters is 1. The van der Waals surface area contributed by atoms with Gasteiger partial charge in [-0.15, -0.1) is 0 Å². The largest absolute Gasteiger partial charge is 0.489 e. The molecule has 1 aliphatic rings. The second kappa shape index (κ2) is 9.14. The number of halogens is 1. The van der Waals surface area contributed by atoms with Gasteiger partial charge in [-0.05, 0) is 37.1 Å². The minimum absolute atomic E-state index is 0.0612. The van der Waals surface area contributed by atoms with Gasteiger partial charge in [0.05, 0.1) is 18.1 Å². The Morgan fingerprint density at radius 3 is 2.73 bits per heavy atom. The van der Waals surface area contributed by atoms with E-state index in [1.165, 1.54) is 12.1 Å². The summed E-state index contributed by atoms with van der Waals surface area (Å²) >= 11 is 0. The number of allylic oxidation sites excluding steroid dienone is 2. The maximum absolute atomic E-state index is 13.5. The average molecular weight is 408 g/mol. The Bertz CT molecular complexity index is 1070. The quantitative estimate of drug-likeness (QED) is 0.725. The van der Waals surface area contributed by atoms with Crippen molar-refractivity contribution in [3.8, 4) is 11.8 Å². The van der Waals surface area contributed by atoms with Crippen LogP contribution in [-0.4, -0.2) is 12.6 Å². The number of nitrogens with zero attached hydrogens (tertiary/aromatic N) is 1. The topological polar surface area (TPSA) is 94.6 Å². The normalized spacial score (nSPS) is 16.0. The van der Waals surface area contributed by atoms with E-state index in [2.05, 4.69) is 6.07 Å². The third kappa shape index (κ3) is 4.28. The van der Waals surface area contributed by atoms with E-state index >= 15 is 0 Å². The third-order valence-electron chi connectivity index (χ3n) is 4.66. The van der Waals surface area contributed by atoms with Gasteiger partial charge in [-0.3, -0.25) is 0 Å². The highest BCUT2D eigenvalue weighted by Crippen LogP contribution is 2.41. The summed E-state index contributed by atoms with van der Waals surface area (Å²) in [5.74, 6) is -1.18. The molecule has 0 saturated carbocycles. The van der Waals surface area contributed by atoms with Crippen molar-refractivity contribution in [3.63, 3.8) is 0 Å². The highest BCUT2D eigenvalue weighted by Gasteiger charge is 2.37. The van der Waals surface area contributed by atoms with Crippen molar-refractivity contribution in [3.05, 3.63) is 88.3 Å². The van der Waals surface area contributed by atoms with E-state index in [4.69, 9.17) is 19.9 Å². The molecular weight excluding hydrogens is 387 g/mol. The van der Waals surface area contributed by atoms with Gasteiger partial charge in [0.15, 0.2) is 0 Å². The van der Waals surface area contributed by atoms with Crippen LogP contribution in [0.25, 0.3) is 0 Å². The lowest BCUT2D eigenvalue weighted by molar-refractivity contribution is -0.139. The standard InChI is InChI=1S/C23H21FN2O4/c1-3-28-23(27)20-14(2)30-22(26)19(12-25)21(20)18-10-5-4-7-15(18)13-29-17-9-6-8-16(24)11-17/h4-11,21H,3,13,26H2,1-2H3. The minimum atomic E-state index is -0.768. The van der Waals surface area contributed by atoms with Gasteiger partial charge in [0.25, 0.3) is 0 Å². The molecule has 0 amide bonds. The fourth-order valence-electron chi connectivity index (χ4n) is 3.33. The molecule has 0 aromatic heterocycles. The molecule has 0 radical (unpaired) electrons. The summed E-state index contributed by atoms with van der Waals surface area (Å²) in [6.45, 7) is 3.58. The fourth-order valence-corrected chi connectivity index (χ4v) is 3.33. The number of nitrogens with two attached hydrogens (primary N) is 1. The molecule has 7 heteroatoms. The number of carbonyl (C=O) groups is 1. The van der Waals surface area contributed by atoms with Crippen molar-refractivity contribution in [1.29, 1.82) is 5.26 Å². The van der Waals surface area contributed by atoms with Gasteiger partial charge >= 0.3 is 5.97 Å². The number of ether oxygens (including phenoxy) is 3. The van der Waals surface area contributed by atoms with Gasteiger partial charge in [0, 0.05) is 6.07 Å². The van der Waals surface area contributed by atoms with Gasteiger partial charge in [-0.25, -0.2) is 9.18 Å². The van der Waals surface area contributed by atoms with Crippen LogP contribution < -0.4 is 10.5 Å². The van der Waals surface area contributed by atoms with Crippen LogP contribution in [-0.2, 0) is 20.9 Å². The maximum atomic E-state index is 13.5. The molecule has 154 valence electrons. The van der Waals surface area contributed by atoms with Crippen LogP contribution in [0.5, 0.6) is 5.75 Å². The van der Waals surface area contributed by atoms with E-state index in [1.807, 2.05) is 12.1 Å². The van der Waals surface area contributed by atoms with Crippen LogP contribution in [0.1, 0.15) is 30.9 Å². The van der Waals surface area contributed by atoms with E-state index in [1.54, 1.807) is 38.1 Å². The van der Waals surface area contributed by atoms with Crippen molar-refractivity contribution >= 4 is 5.97 Å². The summed E-state index contributed by atoms with van der Waals surface area (Å²) in [5.41, 5.74) is 7.64. The van der Waals surface area contributed by atoms with E-state index in [0.29, 0.717) is 16.9 Å². The van der Waals surface area contributed by atoms with Crippen LogP contribution in [0.2, 0.25) is 0 Å². The van der Waals surface area contributed by atoms with Crippen molar-refractivity contribution in [2.75, 3.05) is 6.61 Å². The Balaban J connectivity index is 2.03. The highest BCUT2D eigenvalue weighted by atomic mass is 19.1. The fraction of sp³-hybridized carbons (Fsp3) is 0.217. The number of rotatable bonds is 6. The van der Waals surface area contributed by atoms with Crippen LogP contribution in [0.4, 0.5) is 4.39 Å². The SMILES string of the molecule is CCOC(=O)C1=C(C)OC(N)=C(C#N)C1c1ccccc1COc1cccc(F)c1. The Kier molecular flexibility index (Phi) is 6.38. The van der Waals surface area contributed by atoms with E-state index < -0.39 is 17.7 Å². The number of hydrogen-bond acceptors (Lipinski definition) is 6. The first-order chi connectivity index (χ1) is 14.5. The summed E-state index contributed by atoms with van der Waals surface area (Å²) in [7, 11) is 0. The summed E-state index contributed by atoms with van der Waals surface area (Å²) < 4.78 is 29.8. The predicted octanol–water partition coefficient (Wildman–Crippen LogP) is 4.05. The summed E-state index contributed by atoms with van der Waals surface area (Å²) in [5, 5.41) is 9.72. The van der Waals surface area contributed by atoms with Crippen LogP contribution in [0.3, 0.4) is 0 Å². The van der Waals surface area contributed by atoms with Crippen LogP contribution in [0.15, 0.2) is 71.3 Å². The molecule has 1 heterocycles. The van der Waals surface area contributed by atoms with Crippen molar-refractivity contribution in [1.82, 2.24) is 0 Å². The van der Waals surface area contributed by atoms with Crippen molar-refractivity contribution < 1.29 is 23.4 Å². The van der Waals surface area contributed by atoms with Gasteiger partial charge in [-0.2, -0.15) is 5.26 Å². The lowest BCUT2D eigenvalue weighted by atomic mass is 9.81. The maximum Gasteiger partial charge on any atom is 0.338 e. The third-order valence-corrected chi connectivity index (χ3v) is 4.66. The zero-order valence-corrected chi connectivity index (χ0v) is 16.6. The molecule has 0 fully saturated rings. The van der Waals surface area contributed by atoms with Crippen molar-refractivity contribution in [2.24, 2.45) is 5.73 Å². The number of benzene rings is 2. The Morgan fingerprint density at radius 1 is 1.27 bits per heavy atom. The van der Waals surface area contributed by atoms with Crippen LogP contribution in [0, 0.1) is 17.1 Å². The van der Waals surface area contributed by atoms with E-state index in [0.717, 1.165) is 0 Å². The van der Waals surface area contributed by atoms with Gasteiger partial charge < -0.3 is 19.9 Å². The number of carbonyl (C=O) groups excluding carboxylic acids is 1. The van der Waals surface area contributed by atoms with Gasteiger partial charge in [0.2, 0.25) is 5.88 Å². The first-order valence-corrected chi connectivity index (χ1v) is 9.37. The van der Waals surface area contributed by atoms with Gasteiger partial charge in [-0.1, -0.05) is 30.3 Å². The first-order valence-electron chi connectivity index (χ1n) is 9.37. The molecule has 0 saturated heterocycles. The molecule has 2 N–H and O–H groups in total. The molecule has 0 bridgehead atoms. The molecule has 1 aliphatic heterocycles. The van der Waals surface area contributed by atoms with Crippen LogP contribution >= 0.6 is 0 Å². The monoisotopic (exact) mass is 408 g/mol. The first kappa shape index (κ1) is 20.9. The molecule has 0 spiro atoms. The van der Waals surface area contributed by atoms with E-state index in [-0.39, 0.29) is 36.0 Å². The smallest absolute Gasteiger partial charge is 0.338 e. The average Bonchev–Trinajstić information content (AvgIpc) is 2.72. The van der Waals surface area contributed by atoms with E-state index in [9.17, 15) is 14.4 Å². The lowest BCUT2D eigenvalue weighted by Crippen LogP contribution is -2.26. The van der Waals surface area contributed by atoms with Gasteiger partial charge in [0.1, 0.15) is 35.6 Å². The molecule has 1 atom stereocenters. The molecule has 30 heavy (non-hydrogen) atoms. The summed E-state index contributed by atoms with van der Waals surface area (Å²) in [4.78, 5) is 12.7. The molecule has 3 rings (SSSR count). The zero-order chi connectivity index (χ0) is 21.7. The minimum Gasteiger partial charge on any atom is -0.489 e. The lowest BCUT2D eigenvalue weighted by Gasteiger charge is -2.28. The number of hydrogen-bond donors (Lipinski definition) is 1.